The summed E-state index contributed by atoms with van der Waals surface area (Å²) in [4.78, 5) is 12.1. The Bertz CT molecular complexity index is 429. The first-order chi connectivity index (χ1) is 8.95. The first kappa shape index (κ1) is 15.5. The molecule has 2 unspecified atom stereocenters. The van der Waals surface area contributed by atoms with Gasteiger partial charge in [0.1, 0.15) is 5.92 Å². The number of rotatable bonds is 6. The fraction of sp³-hybridized carbons (Fsp3) is 0.538. The lowest BCUT2D eigenvalue weighted by molar-refractivity contribution is -0.124. The summed E-state index contributed by atoms with van der Waals surface area (Å²) in [5.74, 6) is -0.873. The third kappa shape index (κ3) is 4.55. The van der Waals surface area contributed by atoms with Crippen LogP contribution in [0.25, 0.3) is 0 Å². The van der Waals surface area contributed by atoms with Crippen LogP contribution in [0, 0.1) is 11.8 Å². The smallest absolute Gasteiger partial charge is 0.231 e. The number of nitrogens with zero attached hydrogens (tertiary/aromatic N) is 1. The molecule has 106 valence electrons. The van der Waals surface area contributed by atoms with Gasteiger partial charge in [0.05, 0.1) is 0 Å². The van der Waals surface area contributed by atoms with Crippen molar-refractivity contribution in [2.24, 2.45) is 22.7 Å². The summed E-state index contributed by atoms with van der Waals surface area (Å²) in [5, 5.41) is 18.7. The van der Waals surface area contributed by atoms with Crippen LogP contribution in [-0.4, -0.2) is 23.0 Å². The number of thiophene rings is 1. The molecular formula is C13H21N3O2S. The average molecular weight is 283 g/mol. The normalized spacial score (nSPS) is 15.3. The lowest BCUT2D eigenvalue weighted by Gasteiger charge is -2.21. The monoisotopic (exact) mass is 283 g/mol. The van der Waals surface area contributed by atoms with Crippen molar-refractivity contribution in [2.45, 2.75) is 33.2 Å². The molecule has 0 fully saturated rings. The van der Waals surface area contributed by atoms with Crippen LogP contribution in [0.5, 0.6) is 0 Å². The minimum atomic E-state index is -0.602. The summed E-state index contributed by atoms with van der Waals surface area (Å²) in [6.07, 6.45) is 0.774. The van der Waals surface area contributed by atoms with Crippen LogP contribution >= 0.6 is 11.3 Å². The third-order valence-electron chi connectivity index (χ3n) is 2.89. The number of carbonyl (C=O) groups is 1. The van der Waals surface area contributed by atoms with Crippen molar-refractivity contribution in [3.63, 3.8) is 0 Å². The van der Waals surface area contributed by atoms with Crippen molar-refractivity contribution in [3.05, 3.63) is 22.4 Å². The largest absolute Gasteiger partial charge is 0.409 e. The van der Waals surface area contributed by atoms with E-state index in [1.807, 2.05) is 32.2 Å². The first-order valence-electron chi connectivity index (χ1n) is 6.24. The highest BCUT2D eigenvalue weighted by atomic mass is 32.1. The average Bonchev–Trinajstić information content (AvgIpc) is 2.80. The second kappa shape index (κ2) is 7.13. The lowest BCUT2D eigenvalue weighted by atomic mass is 9.93. The molecule has 4 N–H and O–H groups in total. The quantitative estimate of drug-likeness (QED) is 0.322. The predicted octanol–water partition coefficient (Wildman–Crippen LogP) is 1.81. The van der Waals surface area contributed by atoms with Crippen molar-refractivity contribution < 1.29 is 10.0 Å². The van der Waals surface area contributed by atoms with Gasteiger partial charge in [0.25, 0.3) is 0 Å². The summed E-state index contributed by atoms with van der Waals surface area (Å²) < 4.78 is 0. The van der Waals surface area contributed by atoms with Gasteiger partial charge in [0, 0.05) is 6.04 Å². The van der Waals surface area contributed by atoms with Gasteiger partial charge in [-0.1, -0.05) is 19.0 Å². The van der Waals surface area contributed by atoms with Crippen molar-refractivity contribution >= 4 is 23.1 Å². The van der Waals surface area contributed by atoms with Gasteiger partial charge in [-0.2, -0.15) is 11.3 Å². The van der Waals surface area contributed by atoms with E-state index in [2.05, 4.69) is 15.9 Å². The van der Waals surface area contributed by atoms with Crippen LogP contribution in [0.4, 0.5) is 0 Å². The minimum absolute atomic E-state index is 0.00911. The molecule has 0 aliphatic rings. The van der Waals surface area contributed by atoms with Gasteiger partial charge in [-0.3, -0.25) is 4.79 Å². The Morgan fingerprint density at radius 2 is 2.21 bits per heavy atom. The van der Waals surface area contributed by atoms with E-state index in [4.69, 9.17) is 10.9 Å². The molecule has 5 nitrogen and oxygen atoms in total. The van der Waals surface area contributed by atoms with E-state index in [1.54, 1.807) is 11.3 Å². The third-order valence-corrected chi connectivity index (χ3v) is 3.63. The Hall–Kier alpha value is -1.56. The van der Waals surface area contributed by atoms with E-state index in [9.17, 15) is 4.79 Å². The summed E-state index contributed by atoms with van der Waals surface area (Å²) in [7, 11) is 0. The van der Waals surface area contributed by atoms with Gasteiger partial charge in [-0.05, 0) is 41.7 Å². The highest BCUT2D eigenvalue weighted by Gasteiger charge is 2.27. The standard InChI is InChI=1S/C13H21N3O2S/c1-8(2)11(12(14)16-18)13(17)15-9(3)6-10-4-5-19-7-10/h4-5,7-9,11,18H,6H2,1-3H3,(H2,14,16)(H,15,17). The predicted molar refractivity (Wildman–Crippen MR) is 77.4 cm³/mol. The SMILES string of the molecule is CC(Cc1ccsc1)NC(=O)C(C(N)=NO)C(C)C. The van der Waals surface area contributed by atoms with Crippen LogP contribution in [0.2, 0.25) is 0 Å². The van der Waals surface area contributed by atoms with Gasteiger partial charge in [0.2, 0.25) is 5.91 Å². The Kier molecular flexibility index (Phi) is 5.82. The Labute approximate surface area is 117 Å². The molecule has 1 heterocycles. The number of oxime groups is 1. The van der Waals surface area contributed by atoms with Crippen molar-refractivity contribution in [3.8, 4) is 0 Å². The Balaban J connectivity index is 2.61. The van der Waals surface area contributed by atoms with E-state index in [1.165, 1.54) is 5.56 Å². The number of carbonyl (C=O) groups excluding carboxylic acids is 1. The second-order valence-electron chi connectivity index (χ2n) is 4.99. The van der Waals surface area contributed by atoms with E-state index >= 15 is 0 Å². The second-order valence-corrected chi connectivity index (χ2v) is 5.77. The van der Waals surface area contributed by atoms with Crippen LogP contribution in [-0.2, 0) is 11.2 Å². The highest BCUT2D eigenvalue weighted by Crippen LogP contribution is 2.13. The van der Waals surface area contributed by atoms with Crippen LogP contribution in [0.3, 0.4) is 0 Å². The summed E-state index contributed by atoms with van der Waals surface area (Å²) in [6, 6.07) is 2.05. The van der Waals surface area contributed by atoms with Crippen LogP contribution < -0.4 is 11.1 Å². The molecule has 0 radical (unpaired) electrons. The lowest BCUT2D eigenvalue weighted by Crippen LogP contribution is -2.45. The van der Waals surface area contributed by atoms with Crippen molar-refractivity contribution in [1.29, 1.82) is 0 Å². The molecule has 0 saturated heterocycles. The van der Waals surface area contributed by atoms with Crippen LogP contribution in [0.1, 0.15) is 26.3 Å². The zero-order valence-electron chi connectivity index (χ0n) is 11.5. The van der Waals surface area contributed by atoms with Crippen molar-refractivity contribution in [2.75, 3.05) is 0 Å². The summed E-state index contributed by atoms with van der Waals surface area (Å²) >= 11 is 1.64. The fourth-order valence-corrected chi connectivity index (χ4v) is 2.67. The molecule has 1 rings (SSSR count). The van der Waals surface area contributed by atoms with Gasteiger partial charge < -0.3 is 16.3 Å². The van der Waals surface area contributed by atoms with E-state index in [0.29, 0.717) is 0 Å². The molecule has 0 aliphatic carbocycles. The molecule has 0 aliphatic heterocycles. The van der Waals surface area contributed by atoms with E-state index < -0.39 is 5.92 Å². The van der Waals surface area contributed by atoms with Gasteiger partial charge in [-0.15, -0.1) is 0 Å². The van der Waals surface area contributed by atoms with Crippen LogP contribution in [0.15, 0.2) is 22.0 Å². The maximum absolute atomic E-state index is 12.1. The number of nitrogens with one attached hydrogen (secondary N) is 1. The molecule has 0 saturated carbocycles. The van der Waals surface area contributed by atoms with Gasteiger partial charge in [0.15, 0.2) is 5.84 Å². The van der Waals surface area contributed by atoms with E-state index in [-0.39, 0.29) is 23.7 Å². The van der Waals surface area contributed by atoms with Crippen molar-refractivity contribution in [1.82, 2.24) is 5.32 Å². The molecular weight excluding hydrogens is 262 g/mol. The molecule has 2 atom stereocenters. The number of nitrogens with two attached hydrogens (primary N) is 1. The first-order valence-corrected chi connectivity index (χ1v) is 7.18. The fourth-order valence-electron chi connectivity index (χ4n) is 1.99. The molecule has 0 bridgehead atoms. The molecule has 0 aromatic carbocycles. The Morgan fingerprint density at radius 3 is 2.68 bits per heavy atom. The number of amides is 1. The maximum atomic E-state index is 12.1. The zero-order chi connectivity index (χ0) is 14.4. The topological polar surface area (TPSA) is 87.7 Å². The molecule has 1 aromatic heterocycles. The van der Waals surface area contributed by atoms with Gasteiger partial charge >= 0.3 is 0 Å². The maximum Gasteiger partial charge on any atom is 0.231 e. The zero-order valence-corrected chi connectivity index (χ0v) is 12.3. The number of hydrogen-bond acceptors (Lipinski definition) is 4. The highest BCUT2D eigenvalue weighted by molar-refractivity contribution is 7.07. The molecule has 1 aromatic rings. The summed E-state index contributed by atoms with van der Waals surface area (Å²) in [5.41, 5.74) is 6.77. The van der Waals surface area contributed by atoms with E-state index in [0.717, 1.165) is 6.42 Å². The molecule has 6 heteroatoms. The summed E-state index contributed by atoms with van der Waals surface area (Å²) in [6.45, 7) is 5.68. The number of amidine groups is 1. The molecule has 0 spiro atoms. The van der Waals surface area contributed by atoms with Gasteiger partial charge in [-0.25, -0.2) is 0 Å². The minimum Gasteiger partial charge on any atom is -0.409 e. The molecule has 1 amide bonds. The Morgan fingerprint density at radius 1 is 1.53 bits per heavy atom. The number of hydrogen-bond donors (Lipinski definition) is 3. The molecule has 19 heavy (non-hydrogen) atoms.